The van der Waals surface area contributed by atoms with Crippen LogP contribution in [0.3, 0.4) is 0 Å². The van der Waals surface area contributed by atoms with Gasteiger partial charge in [0.25, 0.3) is 0 Å². The van der Waals surface area contributed by atoms with Crippen molar-refractivity contribution >= 4 is 5.78 Å². The molecule has 3 N–H and O–H groups in total. The fraction of sp³-hybridized carbons (Fsp3) is 0.950. The summed E-state index contributed by atoms with van der Waals surface area (Å²) in [6, 6.07) is -0.0216. The second kappa shape index (κ2) is 17.0. The molecule has 2 nitrogen and oxygen atoms in total. The van der Waals surface area contributed by atoms with Gasteiger partial charge in [-0.05, 0) is 13.3 Å². The van der Waals surface area contributed by atoms with Gasteiger partial charge in [0.15, 0.2) is 5.78 Å². The zero-order chi connectivity index (χ0) is 16.5. The van der Waals surface area contributed by atoms with E-state index in [1.165, 1.54) is 89.9 Å². The van der Waals surface area contributed by atoms with Gasteiger partial charge in [-0.3, -0.25) is 4.79 Å². The summed E-state index contributed by atoms with van der Waals surface area (Å²) in [5, 5.41) is 0. The van der Waals surface area contributed by atoms with Crippen LogP contribution < -0.4 is 5.73 Å². The average molecular weight is 313 g/mol. The molecule has 0 radical (unpaired) electrons. The van der Waals surface area contributed by atoms with Crippen LogP contribution in [0.1, 0.15) is 117 Å². The van der Waals surface area contributed by atoms with E-state index in [9.17, 15) is 4.79 Å². The fourth-order valence-corrected chi connectivity index (χ4v) is 2.92. The lowest BCUT2D eigenvalue weighted by Gasteiger charge is -2.04. The molecule has 0 bridgehead atoms. The summed E-state index contributed by atoms with van der Waals surface area (Å²) in [6.07, 6.45) is 21.3. The Bertz CT molecular complexity index is 238. The molecule has 22 heavy (non-hydrogen) atoms. The molecule has 0 amide bonds. The maximum absolute atomic E-state index is 11.4. The second-order valence-corrected chi connectivity index (χ2v) is 7.07. The van der Waals surface area contributed by atoms with E-state index in [-0.39, 0.29) is 6.04 Å². The van der Waals surface area contributed by atoms with Gasteiger partial charge in [0.2, 0.25) is 0 Å². The van der Waals surface area contributed by atoms with Crippen molar-refractivity contribution in [3.63, 3.8) is 0 Å². The molecular formula is C20H42NO+. The van der Waals surface area contributed by atoms with Crippen LogP contribution >= 0.6 is 0 Å². The third-order valence-corrected chi connectivity index (χ3v) is 4.58. The zero-order valence-electron chi connectivity index (χ0n) is 15.5. The molecule has 132 valence electrons. The highest BCUT2D eigenvalue weighted by Crippen LogP contribution is 2.13. The van der Waals surface area contributed by atoms with Gasteiger partial charge in [0, 0.05) is 6.42 Å². The number of hydrogen-bond acceptors (Lipinski definition) is 1. The number of hydrogen-bond donors (Lipinski definition) is 1. The smallest absolute Gasteiger partial charge is 0.189 e. The van der Waals surface area contributed by atoms with Crippen molar-refractivity contribution < 1.29 is 10.5 Å². The van der Waals surface area contributed by atoms with Crippen LogP contribution in [-0.4, -0.2) is 11.8 Å². The van der Waals surface area contributed by atoms with Crippen molar-refractivity contribution in [3.05, 3.63) is 0 Å². The van der Waals surface area contributed by atoms with E-state index in [0.717, 1.165) is 12.8 Å². The van der Waals surface area contributed by atoms with Crippen molar-refractivity contribution in [2.24, 2.45) is 0 Å². The highest BCUT2D eigenvalue weighted by molar-refractivity contribution is 5.81. The van der Waals surface area contributed by atoms with Crippen LogP contribution in [0, 0.1) is 0 Å². The first kappa shape index (κ1) is 21.6. The fourth-order valence-electron chi connectivity index (χ4n) is 2.92. The third kappa shape index (κ3) is 16.0. The van der Waals surface area contributed by atoms with E-state index in [2.05, 4.69) is 12.7 Å². The van der Waals surface area contributed by atoms with Crippen LogP contribution in [-0.2, 0) is 4.79 Å². The van der Waals surface area contributed by atoms with Crippen molar-refractivity contribution in [1.29, 1.82) is 0 Å². The lowest BCUT2D eigenvalue weighted by atomic mass is 10.0. The molecule has 0 aliphatic rings. The maximum atomic E-state index is 11.4. The Hall–Kier alpha value is -0.370. The summed E-state index contributed by atoms with van der Waals surface area (Å²) in [5.74, 6) is 0.328. The molecule has 0 aromatic rings. The van der Waals surface area contributed by atoms with Gasteiger partial charge in [0.05, 0.1) is 0 Å². The van der Waals surface area contributed by atoms with E-state index in [1.54, 1.807) is 0 Å². The van der Waals surface area contributed by atoms with E-state index in [0.29, 0.717) is 5.78 Å². The first-order valence-corrected chi connectivity index (χ1v) is 10.0. The van der Waals surface area contributed by atoms with Gasteiger partial charge in [-0.1, -0.05) is 96.8 Å². The molecular weight excluding hydrogens is 270 g/mol. The first-order chi connectivity index (χ1) is 10.7. The molecule has 0 saturated heterocycles. The molecule has 1 atom stereocenters. The highest BCUT2D eigenvalue weighted by atomic mass is 16.1. The zero-order valence-corrected chi connectivity index (χ0v) is 15.5. The SMILES string of the molecule is CCCCCCCCCCCCCCCCCC(=O)[C@H](C)[NH3+]. The topological polar surface area (TPSA) is 44.7 Å². The quantitative estimate of drug-likeness (QED) is 0.357. The third-order valence-electron chi connectivity index (χ3n) is 4.58. The number of unbranched alkanes of at least 4 members (excludes halogenated alkanes) is 14. The molecule has 0 aliphatic heterocycles. The maximum Gasteiger partial charge on any atom is 0.189 e. The van der Waals surface area contributed by atoms with E-state index >= 15 is 0 Å². The Morgan fingerprint density at radius 2 is 1.00 bits per heavy atom. The minimum absolute atomic E-state index is 0.0216. The summed E-state index contributed by atoms with van der Waals surface area (Å²) in [6.45, 7) is 4.18. The molecule has 0 aromatic carbocycles. The van der Waals surface area contributed by atoms with Gasteiger partial charge < -0.3 is 5.73 Å². The molecule has 0 saturated carbocycles. The highest BCUT2D eigenvalue weighted by Gasteiger charge is 2.09. The largest absolute Gasteiger partial charge is 0.349 e. The first-order valence-electron chi connectivity index (χ1n) is 10.0. The minimum Gasteiger partial charge on any atom is -0.349 e. The van der Waals surface area contributed by atoms with Gasteiger partial charge in [-0.15, -0.1) is 0 Å². The summed E-state index contributed by atoms with van der Waals surface area (Å²) >= 11 is 0. The Balaban J connectivity index is 3.04. The number of rotatable bonds is 17. The van der Waals surface area contributed by atoms with Gasteiger partial charge >= 0.3 is 0 Å². The van der Waals surface area contributed by atoms with Crippen molar-refractivity contribution in [2.75, 3.05) is 0 Å². The van der Waals surface area contributed by atoms with Gasteiger partial charge in [-0.2, -0.15) is 0 Å². The van der Waals surface area contributed by atoms with E-state index < -0.39 is 0 Å². The number of quaternary nitrogens is 1. The van der Waals surface area contributed by atoms with Crippen molar-refractivity contribution in [1.82, 2.24) is 0 Å². The normalized spacial score (nSPS) is 12.5. The number of ketones is 1. The molecule has 0 heterocycles. The summed E-state index contributed by atoms with van der Waals surface area (Å²) in [7, 11) is 0. The molecule has 0 rings (SSSR count). The Morgan fingerprint density at radius 1 is 0.682 bits per heavy atom. The number of Topliss-reactive ketones (excluding diaryl/α,β-unsaturated/α-hetero) is 1. The molecule has 2 heteroatoms. The van der Waals surface area contributed by atoms with Crippen LogP contribution in [0.4, 0.5) is 0 Å². The lowest BCUT2D eigenvalue weighted by molar-refractivity contribution is -0.397. The van der Waals surface area contributed by atoms with Crippen LogP contribution in [0.15, 0.2) is 0 Å². The summed E-state index contributed by atoms with van der Waals surface area (Å²) in [5.41, 5.74) is 3.78. The van der Waals surface area contributed by atoms with E-state index in [4.69, 9.17) is 0 Å². The van der Waals surface area contributed by atoms with Crippen molar-refractivity contribution in [2.45, 2.75) is 123 Å². The van der Waals surface area contributed by atoms with E-state index in [1.807, 2.05) is 6.92 Å². The van der Waals surface area contributed by atoms with Gasteiger partial charge in [-0.25, -0.2) is 0 Å². The van der Waals surface area contributed by atoms with Crippen molar-refractivity contribution in [3.8, 4) is 0 Å². The van der Waals surface area contributed by atoms with Gasteiger partial charge in [0.1, 0.15) is 6.04 Å². The van der Waals surface area contributed by atoms with Crippen LogP contribution in [0.25, 0.3) is 0 Å². The molecule has 0 spiro atoms. The predicted octanol–water partition coefficient (Wildman–Crippen LogP) is 5.45. The Morgan fingerprint density at radius 3 is 1.32 bits per heavy atom. The Kier molecular flexibility index (Phi) is 16.7. The molecule has 0 aromatic heterocycles. The average Bonchev–Trinajstić information content (AvgIpc) is 2.50. The molecule has 0 fully saturated rings. The summed E-state index contributed by atoms with van der Waals surface area (Å²) in [4.78, 5) is 11.4. The molecule has 0 aliphatic carbocycles. The molecule has 0 unspecified atom stereocenters. The predicted molar refractivity (Wildman–Crippen MR) is 96.9 cm³/mol. The minimum atomic E-state index is -0.0216. The second-order valence-electron chi connectivity index (χ2n) is 7.07. The standard InChI is InChI=1S/C20H41NO/c1-3-4-5-6-7-8-9-10-11-12-13-14-15-16-17-18-20(22)19(2)21/h19H,3-18,21H2,1-2H3/p+1/t19-/m0/s1. The van der Waals surface area contributed by atoms with Crippen LogP contribution in [0.5, 0.6) is 0 Å². The Labute approximate surface area is 139 Å². The van der Waals surface area contributed by atoms with Crippen LogP contribution in [0.2, 0.25) is 0 Å². The number of carbonyl (C=O) groups is 1. The monoisotopic (exact) mass is 312 g/mol. The number of carbonyl (C=O) groups excluding carboxylic acids is 1. The lowest BCUT2D eigenvalue weighted by Crippen LogP contribution is -2.63. The summed E-state index contributed by atoms with van der Waals surface area (Å²) < 4.78 is 0.